The maximum atomic E-state index is 12.1. The molecular weight excluding hydrogens is 314 g/mol. The summed E-state index contributed by atoms with van der Waals surface area (Å²) in [5, 5.41) is 11.2. The van der Waals surface area contributed by atoms with E-state index in [0.29, 0.717) is 12.2 Å². The minimum absolute atomic E-state index is 0.177. The van der Waals surface area contributed by atoms with Crippen LogP contribution in [0.5, 0.6) is 0 Å². The van der Waals surface area contributed by atoms with Crippen LogP contribution in [-0.4, -0.2) is 54.7 Å². The third kappa shape index (κ3) is 6.15. The van der Waals surface area contributed by atoms with E-state index in [0.717, 1.165) is 31.9 Å². The van der Waals surface area contributed by atoms with E-state index in [1.54, 1.807) is 6.07 Å². The maximum Gasteiger partial charge on any atom is 0.271 e. The number of nitrogens with one attached hydrogen (secondary N) is 1. The van der Waals surface area contributed by atoms with Crippen LogP contribution in [-0.2, 0) is 6.54 Å². The molecule has 0 aliphatic heterocycles. The molecule has 1 N–H and O–H groups in total. The van der Waals surface area contributed by atoms with Crippen LogP contribution in [0.4, 0.5) is 5.82 Å². The van der Waals surface area contributed by atoms with Crippen LogP contribution in [0.15, 0.2) is 42.5 Å². The fourth-order valence-corrected chi connectivity index (χ4v) is 2.46. The summed E-state index contributed by atoms with van der Waals surface area (Å²) in [4.78, 5) is 16.3. The van der Waals surface area contributed by atoms with Crippen molar-refractivity contribution in [3.05, 3.63) is 53.7 Å². The van der Waals surface area contributed by atoms with Crippen molar-refractivity contribution >= 4 is 11.7 Å². The van der Waals surface area contributed by atoms with Crippen molar-refractivity contribution in [1.29, 1.82) is 0 Å². The van der Waals surface area contributed by atoms with Gasteiger partial charge in [-0.25, -0.2) is 0 Å². The lowest BCUT2D eigenvalue weighted by Gasteiger charge is -2.21. The Hall–Kier alpha value is -2.47. The molecule has 0 saturated heterocycles. The van der Waals surface area contributed by atoms with Gasteiger partial charge in [-0.2, -0.15) is 0 Å². The van der Waals surface area contributed by atoms with E-state index in [4.69, 9.17) is 0 Å². The largest absolute Gasteiger partial charge is 0.351 e. The number of rotatable bonds is 9. The Balaban J connectivity index is 1.92. The Labute approximate surface area is 149 Å². The monoisotopic (exact) mass is 341 g/mol. The fourth-order valence-electron chi connectivity index (χ4n) is 2.46. The zero-order chi connectivity index (χ0) is 18.1. The summed E-state index contributed by atoms with van der Waals surface area (Å²) < 4.78 is 0. The van der Waals surface area contributed by atoms with E-state index in [1.165, 1.54) is 5.56 Å². The summed E-state index contributed by atoms with van der Waals surface area (Å²) in [6.07, 6.45) is 0.908. The van der Waals surface area contributed by atoms with E-state index in [-0.39, 0.29) is 5.91 Å². The van der Waals surface area contributed by atoms with Gasteiger partial charge in [-0.3, -0.25) is 4.79 Å². The lowest BCUT2D eigenvalue weighted by molar-refractivity contribution is 0.0946. The zero-order valence-electron chi connectivity index (χ0n) is 15.3. The normalized spacial score (nSPS) is 10.7. The molecule has 0 spiro atoms. The number of hydrogen-bond acceptors (Lipinski definition) is 5. The number of carbonyl (C=O) groups is 1. The van der Waals surface area contributed by atoms with Crippen molar-refractivity contribution in [2.45, 2.75) is 19.9 Å². The molecule has 2 rings (SSSR count). The van der Waals surface area contributed by atoms with Gasteiger partial charge in [0.1, 0.15) is 0 Å². The second-order valence-electron chi connectivity index (χ2n) is 6.19. The summed E-state index contributed by atoms with van der Waals surface area (Å²) in [6.45, 7) is 5.24. The van der Waals surface area contributed by atoms with Gasteiger partial charge in [0.25, 0.3) is 5.91 Å². The second kappa shape index (κ2) is 9.74. The Bertz CT molecular complexity index is 643. The van der Waals surface area contributed by atoms with Crippen LogP contribution < -0.4 is 10.2 Å². The third-order valence-electron chi connectivity index (χ3n) is 3.87. The molecule has 6 nitrogen and oxygen atoms in total. The average Bonchev–Trinajstić information content (AvgIpc) is 2.64. The fraction of sp³-hybridized carbons (Fsp3) is 0.421. The lowest BCUT2D eigenvalue weighted by Crippen LogP contribution is -2.28. The van der Waals surface area contributed by atoms with Crippen LogP contribution in [0.25, 0.3) is 0 Å². The molecule has 2 aromatic rings. The van der Waals surface area contributed by atoms with Crippen LogP contribution in [0, 0.1) is 0 Å². The molecule has 25 heavy (non-hydrogen) atoms. The summed E-state index contributed by atoms with van der Waals surface area (Å²) in [5.41, 5.74) is 1.57. The quantitative estimate of drug-likeness (QED) is 0.709. The van der Waals surface area contributed by atoms with Gasteiger partial charge in [0, 0.05) is 19.6 Å². The Morgan fingerprint density at radius 1 is 1.08 bits per heavy atom. The van der Waals surface area contributed by atoms with E-state index >= 15 is 0 Å². The molecule has 0 aliphatic carbocycles. The highest BCUT2D eigenvalue weighted by molar-refractivity contribution is 5.92. The molecule has 1 heterocycles. The maximum absolute atomic E-state index is 12.1. The zero-order valence-corrected chi connectivity index (χ0v) is 15.3. The first-order valence-corrected chi connectivity index (χ1v) is 8.65. The molecule has 1 amide bonds. The number of benzene rings is 1. The Morgan fingerprint density at radius 2 is 1.84 bits per heavy atom. The van der Waals surface area contributed by atoms with Gasteiger partial charge >= 0.3 is 0 Å². The standard InChI is InChI=1S/C19H27N5O/c1-4-24(15-16-9-6-5-7-10-16)18-12-11-17(21-22-18)19(25)20-13-8-14-23(2)3/h5-7,9-12H,4,8,13-15H2,1-3H3,(H,20,25). The first-order valence-electron chi connectivity index (χ1n) is 8.65. The number of nitrogens with zero attached hydrogens (tertiary/aromatic N) is 4. The molecule has 134 valence electrons. The van der Waals surface area contributed by atoms with Gasteiger partial charge in [-0.15, -0.1) is 10.2 Å². The minimum Gasteiger partial charge on any atom is -0.351 e. The first kappa shape index (κ1) is 18.9. The molecule has 0 saturated carbocycles. The number of carbonyl (C=O) groups excluding carboxylic acids is 1. The topological polar surface area (TPSA) is 61.4 Å². The summed E-state index contributed by atoms with van der Waals surface area (Å²) in [7, 11) is 4.03. The molecule has 0 aliphatic rings. The predicted molar refractivity (Wildman–Crippen MR) is 101 cm³/mol. The first-order chi connectivity index (χ1) is 12.1. The van der Waals surface area contributed by atoms with E-state index < -0.39 is 0 Å². The SMILES string of the molecule is CCN(Cc1ccccc1)c1ccc(C(=O)NCCCN(C)C)nn1. The molecule has 0 unspecified atom stereocenters. The van der Waals surface area contributed by atoms with Gasteiger partial charge < -0.3 is 15.1 Å². The predicted octanol–water partition coefficient (Wildman–Crippen LogP) is 2.18. The number of hydrogen-bond donors (Lipinski definition) is 1. The molecule has 0 fully saturated rings. The second-order valence-corrected chi connectivity index (χ2v) is 6.19. The van der Waals surface area contributed by atoms with Crippen molar-refractivity contribution in [1.82, 2.24) is 20.4 Å². The number of anilines is 1. The third-order valence-corrected chi connectivity index (χ3v) is 3.87. The van der Waals surface area contributed by atoms with Gasteiger partial charge in [-0.1, -0.05) is 30.3 Å². The smallest absolute Gasteiger partial charge is 0.271 e. The molecule has 0 atom stereocenters. The molecule has 1 aromatic carbocycles. The van der Waals surface area contributed by atoms with Crippen molar-refractivity contribution in [3.63, 3.8) is 0 Å². The highest BCUT2D eigenvalue weighted by Gasteiger charge is 2.11. The minimum atomic E-state index is -0.177. The van der Waals surface area contributed by atoms with E-state index in [2.05, 4.69) is 44.4 Å². The summed E-state index contributed by atoms with van der Waals surface area (Å²) in [6, 6.07) is 13.8. The van der Waals surface area contributed by atoms with Gasteiger partial charge in [-0.05, 0) is 51.7 Å². The highest BCUT2D eigenvalue weighted by atomic mass is 16.1. The Morgan fingerprint density at radius 3 is 2.44 bits per heavy atom. The number of amides is 1. The number of aromatic nitrogens is 2. The van der Waals surface area contributed by atoms with E-state index in [9.17, 15) is 4.79 Å². The van der Waals surface area contributed by atoms with Gasteiger partial charge in [0.15, 0.2) is 11.5 Å². The van der Waals surface area contributed by atoms with Crippen molar-refractivity contribution in [2.24, 2.45) is 0 Å². The van der Waals surface area contributed by atoms with Gasteiger partial charge in [0.05, 0.1) is 0 Å². The van der Waals surface area contributed by atoms with E-state index in [1.807, 2.05) is 38.4 Å². The lowest BCUT2D eigenvalue weighted by atomic mass is 10.2. The van der Waals surface area contributed by atoms with Crippen LogP contribution in [0.1, 0.15) is 29.4 Å². The van der Waals surface area contributed by atoms with Crippen LogP contribution >= 0.6 is 0 Å². The molecule has 6 heteroatoms. The van der Waals surface area contributed by atoms with Crippen molar-refractivity contribution < 1.29 is 4.79 Å². The van der Waals surface area contributed by atoms with Crippen LogP contribution in [0.3, 0.4) is 0 Å². The highest BCUT2D eigenvalue weighted by Crippen LogP contribution is 2.13. The molecule has 0 bridgehead atoms. The van der Waals surface area contributed by atoms with Crippen molar-refractivity contribution in [3.8, 4) is 0 Å². The average molecular weight is 341 g/mol. The summed E-state index contributed by atoms with van der Waals surface area (Å²) >= 11 is 0. The summed E-state index contributed by atoms with van der Waals surface area (Å²) in [5.74, 6) is 0.597. The van der Waals surface area contributed by atoms with Crippen LogP contribution in [0.2, 0.25) is 0 Å². The molecule has 1 aromatic heterocycles. The Kier molecular flexibility index (Phi) is 7.35. The molecule has 0 radical (unpaired) electrons. The molecular formula is C19H27N5O. The van der Waals surface area contributed by atoms with Crippen molar-refractivity contribution in [2.75, 3.05) is 38.6 Å². The van der Waals surface area contributed by atoms with Gasteiger partial charge in [0.2, 0.25) is 0 Å².